The fourth-order valence-corrected chi connectivity index (χ4v) is 0.994. The van der Waals surface area contributed by atoms with Gasteiger partial charge in [0, 0.05) is 18.6 Å². The summed E-state index contributed by atoms with van der Waals surface area (Å²) in [6.45, 7) is 7.73. The Kier molecular flexibility index (Phi) is 2.69. The maximum Gasteiger partial charge on any atom is 0.0155 e. The van der Waals surface area contributed by atoms with Crippen molar-refractivity contribution in [2.24, 2.45) is 0 Å². The molecule has 0 saturated heterocycles. The van der Waals surface area contributed by atoms with Crippen molar-refractivity contribution in [1.29, 1.82) is 0 Å². The fraction of sp³-hybridized carbons (Fsp3) is 1.00. The van der Waals surface area contributed by atoms with E-state index in [0.717, 1.165) is 19.6 Å². The van der Waals surface area contributed by atoms with E-state index in [1.54, 1.807) is 0 Å². The van der Waals surface area contributed by atoms with Gasteiger partial charge in [-0.05, 0) is 26.3 Å². The van der Waals surface area contributed by atoms with E-state index < -0.39 is 0 Å². The molecule has 0 bridgehead atoms. The van der Waals surface area contributed by atoms with Gasteiger partial charge in [-0.25, -0.2) is 0 Å². The minimum atomic E-state index is 0.509. The van der Waals surface area contributed by atoms with E-state index in [0.29, 0.717) is 5.54 Å². The van der Waals surface area contributed by atoms with Crippen LogP contribution in [0.1, 0.15) is 26.7 Å². The van der Waals surface area contributed by atoms with E-state index in [1.165, 1.54) is 12.8 Å². The van der Waals surface area contributed by atoms with E-state index in [-0.39, 0.29) is 0 Å². The van der Waals surface area contributed by atoms with Crippen LogP contribution in [-0.2, 0) is 0 Å². The molecule has 1 fully saturated rings. The Bertz CT molecular complexity index is 97.4. The van der Waals surface area contributed by atoms with Crippen LogP contribution in [0.25, 0.3) is 0 Å². The van der Waals surface area contributed by atoms with Crippen LogP contribution in [0.15, 0.2) is 0 Å². The predicted octanol–water partition coefficient (Wildman–Crippen LogP) is 0.738. The normalized spacial score (nSPS) is 21.0. The van der Waals surface area contributed by atoms with Gasteiger partial charge in [0.05, 0.1) is 0 Å². The van der Waals surface area contributed by atoms with Crippen LogP contribution >= 0.6 is 0 Å². The van der Waals surface area contributed by atoms with E-state index in [1.807, 2.05) is 0 Å². The zero-order chi connectivity index (χ0) is 7.45. The van der Waals surface area contributed by atoms with Crippen molar-refractivity contribution >= 4 is 0 Å². The zero-order valence-corrected chi connectivity index (χ0v) is 7.04. The first-order valence-corrected chi connectivity index (χ1v) is 4.22. The zero-order valence-electron chi connectivity index (χ0n) is 7.04. The molecular weight excluding hydrogens is 124 g/mol. The van der Waals surface area contributed by atoms with Crippen molar-refractivity contribution in [1.82, 2.24) is 10.6 Å². The van der Waals surface area contributed by atoms with Gasteiger partial charge in [-0.15, -0.1) is 0 Å². The highest BCUT2D eigenvalue weighted by molar-refractivity contribution is 4.97. The van der Waals surface area contributed by atoms with Crippen LogP contribution in [0.2, 0.25) is 0 Å². The molecule has 1 saturated carbocycles. The van der Waals surface area contributed by atoms with Crippen molar-refractivity contribution in [3.05, 3.63) is 0 Å². The van der Waals surface area contributed by atoms with Crippen molar-refractivity contribution in [3.8, 4) is 0 Å². The molecule has 0 aromatic heterocycles. The summed E-state index contributed by atoms with van der Waals surface area (Å²) in [6, 6.07) is 0. The molecular formula is C8H18N2. The lowest BCUT2D eigenvalue weighted by Crippen LogP contribution is -2.34. The topological polar surface area (TPSA) is 24.1 Å². The maximum atomic E-state index is 3.51. The van der Waals surface area contributed by atoms with Crippen LogP contribution in [-0.4, -0.2) is 25.2 Å². The lowest BCUT2D eigenvalue weighted by molar-refractivity contribution is 0.523. The molecule has 0 heterocycles. The molecule has 60 valence electrons. The molecule has 0 atom stereocenters. The Hall–Kier alpha value is -0.0800. The molecule has 2 N–H and O–H groups in total. The number of hydrogen-bond acceptors (Lipinski definition) is 2. The number of rotatable bonds is 5. The minimum absolute atomic E-state index is 0.509. The quantitative estimate of drug-likeness (QED) is 0.553. The van der Waals surface area contributed by atoms with Crippen LogP contribution in [0.4, 0.5) is 0 Å². The third-order valence-corrected chi connectivity index (χ3v) is 2.10. The first-order valence-electron chi connectivity index (χ1n) is 4.22. The average molecular weight is 142 g/mol. The average Bonchev–Trinajstić information content (AvgIpc) is 2.62. The van der Waals surface area contributed by atoms with Crippen molar-refractivity contribution in [2.45, 2.75) is 32.2 Å². The highest BCUT2D eigenvalue weighted by atomic mass is 15.0. The second-order valence-corrected chi connectivity index (χ2v) is 3.34. The van der Waals surface area contributed by atoms with E-state index in [4.69, 9.17) is 0 Å². The lowest BCUT2D eigenvalue weighted by atomic mass is 10.3. The van der Waals surface area contributed by atoms with Gasteiger partial charge in [-0.3, -0.25) is 0 Å². The standard InChI is InChI=1S/C8H18N2/c1-3-9-6-7-10-8(2)4-5-8/h9-10H,3-7H2,1-2H3. The summed E-state index contributed by atoms with van der Waals surface area (Å²) < 4.78 is 0. The molecule has 1 aliphatic carbocycles. The summed E-state index contributed by atoms with van der Waals surface area (Å²) in [6.07, 6.45) is 2.72. The molecule has 0 amide bonds. The number of likely N-dealkylation sites (N-methyl/N-ethyl adjacent to an activating group) is 1. The molecule has 0 aromatic carbocycles. The first-order chi connectivity index (χ1) is 4.77. The molecule has 0 aromatic rings. The summed E-state index contributed by atoms with van der Waals surface area (Å²) in [7, 11) is 0. The number of nitrogens with one attached hydrogen (secondary N) is 2. The van der Waals surface area contributed by atoms with Crippen LogP contribution < -0.4 is 10.6 Å². The molecule has 1 aliphatic rings. The summed E-state index contributed by atoms with van der Waals surface area (Å²) in [4.78, 5) is 0. The largest absolute Gasteiger partial charge is 0.316 e. The summed E-state index contributed by atoms with van der Waals surface area (Å²) >= 11 is 0. The number of hydrogen-bond donors (Lipinski definition) is 2. The summed E-state index contributed by atoms with van der Waals surface area (Å²) in [5.41, 5.74) is 0.509. The fourth-order valence-electron chi connectivity index (χ4n) is 0.994. The van der Waals surface area contributed by atoms with E-state index >= 15 is 0 Å². The van der Waals surface area contributed by atoms with Gasteiger partial charge in [0.2, 0.25) is 0 Å². The first kappa shape index (κ1) is 8.02. The van der Waals surface area contributed by atoms with E-state index in [9.17, 15) is 0 Å². The van der Waals surface area contributed by atoms with Gasteiger partial charge < -0.3 is 10.6 Å². The molecule has 0 radical (unpaired) electrons. The Morgan fingerprint density at radius 3 is 2.50 bits per heavy atom. The molecule has 2 nitrogen and oxygen atoms in total. The monoisotopic (exact) mass is 142 g/mol. The van der Waals surface area contributed by atoms with Crippen LogP contribution in [0.3, 0.4) is 0 Å². The van der Waals surface area contributed by atoms with Gasteiger partial charge in [0.15, 0.2) is 0 Å². The van der Waals surface area contributed by atoms with Gasteiger partial charge in [-0.2, -0.15) is 0 Å². The third kappa shape index (κ3) is 2.67. The van der Waals surface area contributed by atoms with Crippen LogP contribution in [0, 0.1) is 0 Å². The maximum absolute atomic E-state index is 3.51. The SMILES string of the molecule is CCNCCNC1(C)CC1. The van der Waals surface area contributed by atoms with Crippen molar-refractivity contribution < 1.29 is 0 Å². The summed E-state index contributed by atoms with van der Waals surface area (Å²) in [5.74, 6) is 0. The van der Waals surface area contributed by atoms with Gasteiger partial charge in [-0.1, -0.05) is 6.92 Å². The lowest BCUT2D eigenvalue weighted by Gasteiger charge is -2.10. The third-order valence-electron chi connectivity index (χ3n) is 2.10. The molecule has 2 heteroatoms. The molecule has 0 spiro atoms. The van der Waals surface area contributed by atoms with Gasteiger partial charge in [0.25, 0.3) is 0 Å². The van der Waals surface area contributed by atoms with Crippen LogP contribution in [0.5, 0.6) is 0 Å². The van der Waals surface area contributed by atoms with Crippen molar-refractivity contribution in [2.75, 3.05) is 19.6 Å². The Balaban J connectivity index is 1.86. The minimum Gasteiger partial charge on any atom is -0.316 e. The molecule has 1 rings (SSSR count). The second-order valence-electron chi connectivity index (χ2n) is 3.34. The molecule has 0 aliphatic heterocycles. The van der Waals surface area contributed by atoms with Crippen molar-refractivity contribution in [3.63, 3.8) is 0 Å². The van der Waals surface area contributed by atoms with E-state index in [2.05, 4.69) is 24.5 Å². The molecule has 0 unspecified atom stereocenters. The van der Waals surface area contributed by atoms with Gasteiger partial charge in [0.1, 0.15) is 0 Å². The Morgan fingerprint density at radius 2 is 2.00 bits per heavy atom. The smallest absolute Gasteiger partial charge is 0.0155 e. The summed E-state index contributed by atoms with van der Waals surface area (Å²) in [5, 5.41) is 6.79. The highest BCUT2D eigenvalue weighted by Crippen LogP contribution is 2.33. The molecule has 10 heavy (non-hydrogen) atoms. The Labute approximate surface area is 63.4 Å². The highest BCUT2D eigenvalue weighted by Gasteiger charge is 2.35. The predicted molar refractivity (Wildman–Crippen MR) is 44.2 cm³/mol. The second kappa shape index (κ2) is 3.35. The Morgan fingerprint density at radius 1 is 1.30 bits per heavy atom. The van der Waals surface area contributed by atoms with Gasteiger partial charge >= 0.3 is 0 Å².